The Hall–Kier alpha value is -1.36. The van der Waals surface area contributed by atoms with Gasteiger partial charge < -0.3 is 10.6 Å². The summed E-state index contributed by atoms with van der Waals surface area (Å²) in [6.07, 6.45) is 2.52. The number of hydrogen-bond donors (Lipinski definition) is 1. The van der Waals surface area contributed by atoms with Gasteiger partial charge in [-0.15, -0.1) is 0 Å². The quantitative estimate of drug-likeness (QED) is 0.843. The summed E-state index contributed by atoms with van der Waals surface area (Å²) in [4.78, 5) is 14.0. The van der Waals surface area contributed by atoms with Crippen molar-refractivity contribution < 1.29 is 4.79 Å². The highest BCUT2D eigenvalue weighted by atomic mass is 16.2. The molecule has 17 heavy (non-hydrogen) atoms. The van der Waals surface area contributed by atoms with Crippen LogP contribution in [0, 0.1) is 0 Å². The maximum atomic E-state index is 12.4. The number of carbonyl (C=O) groups excluding carboxylic acids is 1. The predicted octanol–water partition coefficient (Wildman–Crippen LogP) is 0.792. The highest BCUT2D eigenvalue weighted by Crippen LogP contribution is 2.17. The first-order valence-electron chi connectivity index (χ1n) is 5.84. The van der Waals surface area contributed by atoms with Crippen molar-refractivity contribution in [2.24, 2.45) is 12.8 Å². The van der Waals surface area contributed by atoms with Crippen LogP contribution in [0.1, 0.15) is 36.8 Å². The van der Waals surface area contributed by atoms with Crippen LogP contribution in [-0.2, 0) is 13.5 Å². The molecule has 0 radical (unpaired) electrons. The van der Waals surface area contributed by atoms with Crippen molar-refractivity contribution in [1.82, 2.24) is 14.7 Å². The Kier molecular flexibility index (Phi) is 3.93. The normalized spacial score (nSPS) is 11.6. The molecule has 0 aromatic carbocycles. The Bertz CT molecular complexity index is 409. The largest absolute Gasteiger partial charge is 0.335 e. The molecule has 0 atom stereocenters. The van der Waals surface area contributed by atoms with Gasteiger partial charge in [0.2, 0.25) is 0 Å². The molecular formula is C12H22N4O. The molecule has 0 saturated carbocycles. The third kappa shape index (κ3) is 2.66. The van der Waals surface area contributed by atoms with Crippen molar-refractivity contribution >= 4 is 5.91 Å². The van der Waals surface area contributed by atoms with E-state index in [0.29, 0.717) is 12.1 Å². The van der Waals surface area contributed by atoms with Crippen molar-refractivity contribution in [1.29, 1.82) is 0 Å². The average molecular weight is 238 g/mol. The fourth-order valence-corrected chi connectivity index (χ4v) is 1.57. The molecule has 5 heteroatoms. The SMILES string of the molecule is CCc1nn(C)cc1C(=O)N(C)C(C)(C)CN. The van der Waals surface area contributed by atoms with Gasteiger partial charge >= 0.3 is 0 Å². The van der Waals surface area contributed by atoms with Crippen molar-refractivity contribution in [2.75, 3.05) is 13.6 Å². The van der Waals surface area contributed by atoms with E-state index in [-0.39, 0.29) is 11.4 Å². The molecule has 5 nitrogen and oxygen atoms in total. The summed E-state index contributed by atoms with van der Waals surface area (Å²) in [5, 5.41) is 4.28. The molecule has 96 valence electrons. The second kappa shape index (κ2) is 4.87. The zero-order valence-corrected chi connectivity index (χ0v) is 11.3. The number of nitrogens with two attached hydrogens (primary N) is 1. The lowest BCUT2D eigenvalue weighted by Crippen LogP contribution is -2.50. The molecule has 1 aromatic rings. The van der Waals surface area contributed by atoms with E-state index in [0.717, 1.165) is 12.1 Å². The van der Waals surface area contributed by atoms with E-state index in [9.17, 15) is 4.79 Å². The molecular weight excluding hydrogens is 216 g/mol. The van der Waals surface area contributed by atoms with E-state index in [4.69, 9.17) is 5.73 Å². The van der Waals surface area contributed by atoms with Crippen molar-refractivity contribution in [3.8, 4) is 0 Å². The minimum absolute atomic E-state index is 0.0228. The lowest BCUT2D eigenvalue weighted by Gasteiger charge is -2.34. The van der Waals surface area contributed by atoms with Crippen LogP contribution in [0.25, 0.3) is 0 Å². The topological polar surface area (TPSA) is 64.2 Å². The van der Waals surface area contributed by atoms with Gasteiger partial charge in [0.25, 0.3) is 5.91 Å². The molecule has 1 amide bonds. The monoisotopic (exact) mass is 238 g/mol. The summed E-state index contributed by atoms with van der Waals surface area (Å²) in [5.74, 6) is -0.0228. The van der Waals surface area contributed by atoms with Crippen LogP contribution in [0.3, 0.4) is 0 Å². The smallest absolute Gasteiger partial charge is 0.257 e. The molecule has 0 aliphatic carbocycles. The highest BCUT2D eigenvalue weighted by Gasteiger charge is 2.28. The number of aromatic nitrogens is 2. The Morgan fingerprint density at radius 1 is 1.59 bits per heavy atom. The maximum absolute atomic E-state index is 12.4. The second-order valence-corrected chi connectivity index (χ2v) is 4.90. The van der Waals surface area contributed by atoms with Crippen LogP contribution in [0.2, 0.25) is 0 Å². The Morgan fingerprint density at radius 2 is 2.18 bits per heavy atom. The molecule has 0 unspecified atom stereocenters. The van der Waals surface area contributed by atoms with E-state index in [1.807, 2.05) is 27.8 Å². The van der Waals surface area contributed by atoms with Gasteiger partial charge in [0.1, 0.15) is 0 Å². The number of aryl methyl sites for hydroxylation is 2. The molecule has 1 aromatic heterocycles. The van der Waals surface area contributed by atoms with Gasteiger partial charge in [-0.2, -0.15) is 5.10 Å². The number of likely N-dealkylation sites (N-methyl/N-ethyl adjacent to an activating group) is 1. The van der Waals surface area contributed by atoms with Gasteiger partial charge in [-0.1, -0.05) is 6.92 Å². The molecule has 0 saturated heterocycles. The fraction of sp³-hybridized carbons (Fsp3) is 0.667. The third-order valence-corrected chi connectivity index (χ3v) is 3.18. The Balaban J connectivity index is 3.04. The van der Waals surface area contributed by atoms with Crippen LogP contribution in [-0.4, -0.2) is 39.7 Å². The number of nitrogens with zero attached hydrogens (tertiary/aromatic N) is 3. The summed E-state index contributed by atoms with van der Waals surface area (Å²) in [5.41, 5.74) is 6.83. The van der Waals surface area contributed by atoms with E-state index in [1.165, 1.54) is 0 Å². The molecule has 1 heterocycles. The second-order valence-electron chi connectivity index (χ2n) is 4.90. The molecule has 0 spiro atoms. The van der Waals surface area contributed by atoms with Crippen LogP contribution in [0.5, 0.6) is 0 Å². The molecule has 0 fully saturated rings. The minimum atomic E-state index is -0.349. The Labute approximate surface area is 103 Å². The van der Waals surface area contributed by atoms with E-state index >= 15 is 0 Å². The zero-order valence-electron chi connectivity index (χ0n) is 11.3. The number of rotatable bonds is 4. The summed E-state index contributed by atoms with van der Waals surface area (Å²) in [7, 11) is 3.60. The first-order valence-corrected chi connectivity index (χ1v) is 5.84. The van der Waals surface area contributed by atoms with Crippen LogP contribution in [0.4, 0.5) is 0 Å². The van der Waals surface area contributed by atoms with Crippen molar-refractivity contribution in [2.45, 2.75) is 32.7 Å². The predicted molar refractivity (Wildman–Crippen MR) is 67.8 cm³/mol. The summed E-state index contributed by atoms with van der Waals surface area (Å²) < 4.78 is 1.68. The maximum Gasteiger partial charge on any atom is 0.257 e. The third-order valence-electron chi connectivity index (χ3n) is 3.18. The Morgan fingerprint density at radius 3 is 2.65 bits per heavy atom. The lowest BCUT2D eigenvalue weighted by atomic mass is 10.0. The van der Waals surface area contributed by atoms with Crippen LogP contribution >= 0.6 is 0 Å². The molecule has 2 N–H and O–H groups in total. The average Bonchev–Trinajstić information content (AvgIpc) is 2.68. The molecule has 0 aliphatic rings. The molecule has 0 aliphatic heterocycles. The van der Waals surface area contributed by atoms with Crippen LogP contribution < -0.4 is 5.73 Å². The number of amides is 1. The number of hydrogen-bond acceptors (Lipinski definition) is 3. The molecule has 0 bridgehead atoms. The summed E-state index contributed by atoms with van der Waals surface area (Å²) >= 11 is 0. The standard InChI is InChI=1S/C12H22N4O/c1-6-10-9(7-15(4)14-10)11(17)16(5)12(2,3)8-13/h7H,6,8,13H2,1-5H3. The van der Waals surface area contributed by atoms with Gasteiger partial charge in [-0.3, -0.25) is 9.48 Å². The fourth-order valence-electron chi connectivity index (χ4n) is 1.57. The first-order chi connectivity index (χ1) is 7.83. The van der Waals surface area contributed by atoms with E-state index in [2.05, 4.69) is 5.10 Å². The molecule has 1 rings (SSSR count). The van der Waals surface area contributed by atoms with Gasteiger partial charge in [0, 0.05) is 32.4 Å². The first kappa shape index (κ1) is 13.7. The lowest BCUT2D eigenvalue weighted by molar-refractivity contribution is 0.0639. The van der Waals surface area contributed by atoms with Gasteiger partial charge in [0.05, 0.1) is 11.3 Å². The van der Waals surface area contributed by atoms with Crippen LogP contribution in [0.15, 0.2) is 6.20 Å². The van der Waals surface area contributed by atoms with Gasteiger partial charge in [0.15, 0.2) is 0 Å². The van der Waals surface area contributed by atoms with Gasteiger partial charge in [-0.05, 0) is 20.3 Å². The van der Waals surface area contributed by atoms with E-state index < -0.39 is 0 Å². The zero-order chi connectivity index (χ0) is 13.2. The van der Waals surface area contributed by atoms with Gasteiger partial charge in [-0.25, -0.2) is 0 Å². The highest BCUT2D eigenvalue weighted by molar-refractivity contribution is 5.95. The van der Waals surface area contributed by atoms with Crippen molar-refractivity contribution in [3.63, 3.8) is 0 Å². The number of carbonyl (C=O) groups is 1. The van der Waals surface area contributed by atoms with Crippen molar-refractivity contribution in [3.05, 3.63) is 17.5 Å². The van der Waals surface area contributed by atoms with E-state index in [1.54, 1.807) is 22.8 Å². The minimum Gasteiger partial charge on any atom is -0.335 e. The summed E-state index contributed by atoms with van der Waals surface area (Å²) in [6, 6.07) is 0. The summed E-state index contributed by atoms with van der Waals surface area (Å²) in [6.45, 7) is 6.32.